The number of nitrogens with two attached hydrogens (primary N) is 1. The van der Waals surface area contributed by atoms with E-state index in [9.17, 15) is 9.59 Å². The molecule has 0 fully saturated rings. The molecule has 3 aromatic carbocycles. The van der Waals surface area contributed by atoms with Gasteiger partial charge in [-0.2, -0.15) is 0 Å². The van der Waals surface area contributed by atoms with Gasteiger partial charge in [0, 0.05) is 25.2 Å². The highest BCUT2D eigenvalue weighted by molar-refractivity contribution is 5.97. The fourth-order valence-corrected chi connectivity index (χ4v) is 3.35. The predicted octanol–water partition coefficient (Wildman–Crippen LogP) is 2.51. The molecule has 0 spiro atoms. The fourth-order valence-electron chi connectivity index (χ4n) is 3.35. The van der Waals surface area contributed by atoms with Crippen LogP contribution in [0.5, 0.6) is 0 Å². The van der Waals surface area contributed by atoms with Crippen molar-refractivity contribution < 1.29 is 14.8 Å². The Morgan fingerprint density at radius 3 is 2.12 bits per heavy atom. The molecule has 0 unspecified atom stereocenters. The maximum absolute atomic E-state index is 12.3. The zero-order valence-corrected chi connectivity index (χ0v) is 18.0. The highest BCUT2D eigenvalue weighted by atomic mass is 16.5. The zero-order chi connectivity index (χ0) is 22.9. The summed E-state index contributed by atoms with van der Waals surface area (Å²) >= 11 is 0. The third-order valence-electron chi connectivity index (χ3n) is 5.14. The second-order valence-corrected chi connectivity index (χ2v) is 7.60. The second-order valence-electron chi connectivity index (χ2n) is 7.60. The lowest BCUT2D eigenvalue weighted by molar-refractivity contribution is -0.130. The molecule has 0 aromatic heterocycles. The topological polar surface area (TPSA) is 116 Å². The van der Waals surface area contributed by atoms with Gasteiger partial charge in [-0.1, -0.05) is 66.2 Å². The van der Waals surface area contributed by atoms with Gasteiger partial charge < -0.3 is 16.4 Å². The van der Waals surface area contributed by atoms with E-state index in [0.717, 1.165) is 24.2 Å². The summed E-state index contributed by atoms with van der Waals surface area (Å²) in [7, 11) is 0. The lowest BCUT2D eigenvalue weighted by atomic mass is 10.0. The van der Waals surface area contributed by atoms with Crippen LogP contribution < -0.4 is 21.8 Å². The second kappa shape index (κ2) is 11.2. The lowest BCUT2D eigenvalue weighted by Crippen LogP contribution is -2.50. The third kappa shape index (κ3) is 6.24. The molecule has 0 heterocycles. The van der Waals surface area contributed by atoms with Gasteiger partial charge in [0.05, 0.1) is 0 Å². The first-order valence-corrected chi connectivity index (χ1v) is 10.4. The van der Waals surface area contributed by atoms with Gasteiger partial charge in [0.2, 0.25) is 0 Å². The van der Waals surface area contributed by atoms with Crippen LogP contribution in [0.4, 0.5) is 0 Å². The third-order valence-corrected chi connectivity index (χ3v) is 5.14. The normalized spacial score (nSPS) is 11.6. The summed E-state index contributed by atoms with van der Waals surface area (Å²) < 4.78 is 0. The highest BCUT2D eigenvalue weighted by Gasteiger charge is 2.19. The smallest absolute Gasteiger partial charge is 0.267 e. The van der Waals surface area contributed by atoms with Gasteiger partial charge in [0.15, 0.2) is 0 Å². The van der Waals surface area contributed by atoms with E-state index in [0.29, 0.717) is 5.56 Å². The number of amides is 2. The molecule has 6 N–H and O–H groups in total. The van der Waals surface area contributed by atoms with Crippen molar-refractivity contribution in [1.82, 2.24) is 16.1 Å². The Bertz CT molecular complexity index is 1050. The molecule has 166 valence electrons. The Hall–Kier alpha value is -3.52. The number of hydrogen-bond donors (Lipinski definition) is 5. The van der Waals surface area contributed by atoms with Crippen molar-refractivity contribution in [3.8, 4) is 11.1 Å². The van der Waals surface area contributed by atoms with Crippen molar-refractivity contribution in [2.75, 3.05) is 6.54 Å². The quantitative estimate of drug-likeness (QED) is 0.263. The summed E-state index contributed by atoms with van der Waals surface area (Å²) in [6.07, 6.45) is 0. The summed E-state index contributed by atoms with van der Waals surface area (Å²) in [5.41, 5.74) is 13.1. The molecule has 7 nitrogen and oxygen atoms in total. The number of benzene rings is 3. The Balaban J connectivity index is 1.56. The van der Waals surface area contributed by atoms with E-state index in [4.69, 9.17) is 10.9 Å². The predicted molar refractivity (Wildman–Crippen MR) is 124 cm³/mol. The summed E-state index contributed by atoms with van der Waals surface area (Å²) in [6, 6.07) is 22.8. The van der Waals surface area contributed by atoms with Gasteiger partial charge in [0.25, 0.3) is 11.8 Å². The van der Waals surface area contributed by atoms with Crippen LogP contribution in [0.15, 0.2) is 72.8 Å². The Morgan fingerprint density at radius 2 is 1.53 bits per heavy atom. The first kappa shape index (κ1) is 23.1. The molecule has 0 saturated carbocycles. The van der Waals surface area contributed by atoms with Crippen LogP contribution in [0.3, 0.4) is 0 Å². The van der Waals surface area contributed by atoms with E-state index in [1.54, 1.807) is 12.1 Å². The molecule has 3 aromatic rings. The van der Waals surface area contributed by atoms with Crippen molar-refractivity contribution >= 4 is 11.8 Å². The maximum Gasteiger partial charge on any atom is 0.267 e. The summed E-state index contributed by atoms with van der Waals surface area (Å²) in [5, 5.41) is 14.7. The van der Waals surface area contributed by atoms with Crippen LogP contribution in [0.2, 0.25) is 0 Å². The molecule has 0 bridgehead atoms. The fraction of sp³-hybridized carbons (Fsp3) is 0.200. The van der Waals surface area contributed by atoms with Crippen LogP contribution >= 0.6 is 0 Å². The van der Waals surface area contributed by atoms with Gasteiger partial charge in [-0.05, 0) is 41.3 Å². The molecule has 1 atom stereocenters. The van der Waals surface area contributed by atoms with E-state index in [1.807, 2.05) is 12.1 Å². The van der Waals surface area contributed by atoms with Crippen LogP contribution in [0.25, 0.3) is 11.1 Å². The van der Waals surface area contributed by atoms with Crippen molar-refractivity contribution in [2.24, 2.45) is 5.73 Å². The number of hydroxylamine groups is 1. The standard InChI is InChI=1S/C25H28N4O3/c1-17-3-2-4-19(13-17)16-27-15-18-5-7-20(8-6-18)21-9-11-22(12-10-21)24(30)28-23(14-26)25(31)29-32/h2-13,23,27,32H,14-16,26H2,1H3,(H,28,30)(H,29,31)/t23-/m0/s1. The SMILES string of the molecule is Cc1cccc(CNCc2ccc(-c3ccc(C(=O)N[C@@H](CN)C(=O)NO)cc3)cc2)c1. The van der Waals surface area contributed by atoms with E-state index in [-0.39, 0.29) is 6.54 Å². The highest BCUT2D eigenvalue weighted by Crippen LogP contribution is 2.20. The first-order chi connectivity index (χ1) is 15.5. The summed E-state index contributed by atoms with van der Waals surface area (Å²) in [4.78, 5) is 23.8. The van der Waals surface area contributed by atoms with E-state index in [2.05, 4.69) is 66.1 Å². The molecule has 3 rings (SSSR count). The van der Waals surface area contributed by atoms with Crippen molar-refractivity contribution in [1.29, 1.82) is 0 Å². The average molecular weight is 433 g/mol. The molecule has 0 saturated heterocycles. The number of hydrogen-bond acceptors (Lipinski definition) is 5. The molecule has 2 amide bonds. The van der Waals surface area contributed by atoms with Gasteiger partial charge in [-0.15, -0.1) is 0 Å². The minimum atomic E-state index is -1.00. The molecule has 0 radical (unpaired) electrons. The van der Waals surface area contributed by atoms with Crippen LogP contribution in [-0.2, 0) is 17.9 Å². The van der Waals surface area contributed by atoms with Crippen molar-refractivity contribution in [3.05, 3.63) is 95.1 Å². The van der Waals surface area contributed by atoms with Gasteiger partial charge in [0.1, 0.15) is 6.04 Å². The molecular formula is C25H28N4O3. The van der Waals surface area contributed by atoms with E-state index >= 15 is 0 Å². The maximum atomic E-state index is 12.3. The molecule has 0 aliphatic rings. The van der Waals surface area contributed by atoms with Gasteiger partial charge in [-0.3, -0.25) is 14.8 Å². The lowest BCUT2D eigenvalue weighted by Gasteiger charge is -2.14. The molecule has 0 aliphatic carbocycles. The van der Waals surface area contributed by atoms with Crippen molar-refractivity contribution in [3.63, 3.8) is 0 Å². The number of carbonyl (C=O) groups excluding carboxylic acids is 2. The van der Waals surface area contributed by atoms with E-state index < -0.39 is 17.9 Å². The number of carbonyl (C=O) groups is 2. The minimum Gasteiger partial charge on any atom is -0.339 e. The van der Waals surface area contributed by atoms with Gasteiger partial charge >= 0.3 is 0 Å². The average Bonchev–Trinajstić information content (AvgIpc) is 2.82. The summed E-state index contributed by atoms with van der Waals surface area (Å²) in [5.74, 6) is -1.20. The number of nitrogens with one attached hydrogen (secondary N) is 3. The van der Waals surface area contributed by atoms with E-state index in [1.165, 1.54) is 22.2 Å². The van der Waals surface area contributed by atoms with Crippen LogP contribution in [0.1, 0.15) is 27.0 Å². The molecule has 0 aliphatic heterocycles. The number of rotatable bonds is 9. The zero-order valence-electron chi connectivity index (χ0n) is 18.0. The largest absolute Gasteiger partial charge is 0.339 e. The Labute approximate surface area is 187 Å². The Kier molecular flexibility index (Phi) is 8.10. The van der Waals surface area contributed by atoms with Crippen LogP contribution in [-0.4, -0.2) is 29.6 Å². The first-order valence-electron chi connectivity index (χ1n) is 10.4. The minimum absolute atomic E-state index is 0.123. The number of aryl methyl sites for hydroxylation is 1. The van der Waals surface area contributed by atoms with Crippen molar-refractivity contribution in [2.45, 2.75) is 26.1 Å². The molecular weight excluding hydrogens is 404 g/mol. The van der Waals surface area contributed by atoms with Gasteiger partial charge in [-0.25, -0.2) is 5.48 Å². The monoisotopic (exact) mass is 432 g/mol. The Morgan fingerprint density at radius 1 is 0.906 bits per heavy atom. The molecule has 32 heavy (non-hydrogen) atoms. The summed E-state index contributed by atoms with van der Waals surface area (Å²) in [6.45, 7) is 3.56. The van der Waals surface area contributed by atoms with Crippen LogP contribution in [0, 0.1) is 6.92 Å². The molecule has 7 heteroatoms.